The maximum atomic E-state index is 8.46. The van der Waals surface area contributed by atoms with Gasteiger partial charge in [0.1, 0.15) is 0 Å². The zero-order valence-corrected chi connectivity index (χ0v) is 3.35. The van der Waals surface area contributed by atoms with E-state index in [1.807, 2.05) is 0 Å². The fourth-order valence-electron chi connectivity index (χ4n) is 0. The van der Waals surface area contributed by atoms with Gasteiger partial charge in [0.25, 0.3) is 0 Å². The van der Waals surface area contributed by atoms with Crippen LogP contribution in [-0.4, -0.2) is 21.7 Å². The number of hydrogen-bond acceptors (Lipinski definition) is 1. The van der Waals surface area contributed by atoms with E-state index in [-0.39, 0.29) is 16.8 Å². The van der Waals surface area contributed by atoms with Crippen molar-refractivity contribution in [3.05, 3.63) is 0 Å². The molecule has 0 amide bonds. The molecule has 0 aromatic heterocycles. The van der Waals surface area contributed by atoms with Crippen LogP contribution in [0.15, 0.2) is 0 Å². The highest BCUT2D eigenvalue weighted by molar-refractivity contribution is 7.16. The molecular formula is HB2O2P. The van der Waals surface area contributed by atoms with Crippen molar-refractivity contribution in [3.63, 3.8) is 0 Å². The number of rotatable bonds is 0. The van der Waals surface area contributed by atoms with E-state index in [4.69, 9.17) is 9.46 Å². The Morgan fingerprint density at radius 2 is 1.40 bits per heavy atom. The Bertz CT molecular complexity index is 15.1. The Morgan fingerprint density at radius 1 is 1.40 bits per heavy atom. The van der Waals surface area contributed by atoms with Crippen molar-refractivity contribution in [2.24, 2.45) is 0 Å². The molecule has 6 radical (unpaired) electrons. The van der Waals surface area contributed by atoms with Gasteiger partial charge in [0.05, 0.1) is 0 Å². The highest BCUT2D eigenvalue weighted by atomic mass is 31.1. The summed E-state index contributed by atoms with van der Waals surface area (Å²) >= 11 is 0. The van der Waals surface area contributed by atoms with E-state index in [2.05, 4.69) is 0 Å². The van der Waals surface area contributed by atoms with Crippen LogP contribution in [0.5, 0.6) is 0 Å². The first-order chi connectivity index (χ1) is 1.41. The van der Waals surface area contributed by atoms with Gasteiger partial charge in [-0.05, 0) is 0 Å². The van der Waals surface area contributed by atoms with E-state index in [0.29, 0.717) is 0 Å². The van der Waals surface area contributed by atoms with E-state index in [1.165, 1.54) is 0 Å². The van der Waals surface area contributed by atoms with Gasteiger partial charge in [-0.2, -0.15) is 0 Å². The minimum absolute atomic E-state index is 0. The van der Waals surface area contributed by atoms with Crippen LogP contribution in [0, 0.1) is 0 Å². The lowest BCUT2D eigenvalue weighted by Crippen LogP contribution is -1.03. The first kappa shape index (κ1) is 19.0. The molecule has 24 valence electrons. The number of hydrogen-bond donors (Lipinski definition) is 1. The standard InChI is InChI=1S/2B.HO2P/c;;1-3-2/h;;(H,1,2). The molecule has 0 saturated heterocycles. The Hall–Kier alpha value is 0.190. The van der Waals surface area contributed by atoms with Crippen molar-refractivity contribution >= 4 is 25.5 Å². The largest absolute Gasteiger partial charge is 0.324 e. The fraction of sp³-hybridized carbons (Fsp3) is 0. The molecule has 0 spiro atoms. The molecule has 0 unspecified atom stereocenters. The topological polar surface area (TPSA) is 37.3 Å². The Morgan fingerprint density at radius 3 is 1.40 bits per heavy atom. The third kappa shape index (κ3) is 557. The zero-order chi connectivity index (χ0) is 2.71. The molecule has 1 N–H and O–H groups in total. The van der Waals surface area contributed by atoms with Crippen molar-refractivity contribution in [2.45, 2.75) is 0 Å². The van der Waals surface area contributed by atoms with Gasteiger partial charge in [0, 0.05) is 16.8 Å². The molecule has 0 atom stereocenters. The van der Waals surface area contributed by atoms with Crippen molar-refractivity contribution in [3.8, 4) is 0 Å². The van der Waals surface area contributed by atoms with Crippen molar-refractivity contribution < 1.29 is 9.46 Å². The van der Waals surface area contributed by atoms with Crippen LogP contribution in [0.2, 0.25) is 0 Å². The van der Waals surface area contributed by atoms with E-state index >= 15 is 0 Å². The molecule has 0 heterocycles. The van der Waals surface area contributed by atoms with Gasteiger partial charge in [-0.25, -0.2) is 4.57 Å². The lowest BCUT2D eigenvalue weighted by Gasteiger charge is -1.24. The molecule has 0 aromatic rings. The summed E-state index contributed by atoms with van der Waals surface area (Å²) in [5.41, 5.74) is 0. The maximum Gasteiger partial charge on any atom is 0.324 e. The molecule has 5 heteroatoms. The van der Waals surface area contributed by atoms with Gasteiger partial charge in [0.15, 0.2) is 0 Å². The van der Waals surface area contributed by atoms with Crippen LogP contribution < -0.4 is 0 Å². The summed E-state index contributed by atoms with van der Waals surface area (Å²) in [7, 11) is -0.833. The average Bonchev–Trinajstić information content (AvgIpc) is 0.918. The van der Waals surface area contributed by atoms with Gasteiger partial charge in [-0.1, -0.05) is 0 Å². The molecule has 0 fully saturated rings. The van der Waals surface area contributed by atoms with Crippen molar-refractivity contribution in [1.82, 2.24) is 0 Å². The van der Waals surface area contributed by atoms with Crippen LogP contribution >= 0.6 is 8.69 Å². The van der Waals surface area contributed by atoms with Gasteiger partial charge >= 0.3 is 8.69 Å². The summed E-state index contributed by atoms with van der Waals surface area (Å²) in [4.78, 5) is 6.99. The van der Waals surface area contributed by atoms with Crippen LogP contribution in [0.25, 0.3) is 0 Å². The normalized spacial score (nSPS) is 4.20. The molecule has 0 aliphatic rings. The lowest BCUT2D eigenvalue weighted by molar-refractivity contribution is 0.524. The molecule has 0 bridgehead atoms. The predicted molar refractivity (Wildman–Crippen MR) is 21.3 cm³/mol. The third-order valence-electron chi connectivity index (χ3n) is 0. The summed E-state index contributed by atoms with van der Waals surface area (Å²) < 4.78 is 8.46. The molecule has 5 heavy (non-hydrogen) atoms. The molecule has 0 rings (SSSR count). The van der Waals surface area contributed by atoms with E-state index in [9.17, 15) is 0 Å². The van der Waals surface area contributed by atoms with E-state index in [0.717, 1.165) is 0 Å². The molecule has 0 aliphatic heterocycles. The Labute approximate surface area is 36.0 Å². The Kier molecular flexibility index (Phi) is 114. The minimum atomic E-state index is -0.833. The highest BCUT2D eigenvalue weighted by Crippen LogP contribution is 1.66. The second kappa shape index (κ2) is 30.1. The zero-order valence-electron chi connectivity index (χ0n) is 2.46. The van der Waals surface area contributed by atoms with Gasteiger partial charge in [0.2, 0.25) is 0 Å². The first-order valence-electron chi connectivity index (χ1n) is 0.383. The predicted octanol–water partition coefficient (Wildman–Crippen LogP) is -0.576. The quantitative estimate of drug-likeness (QED) is 0.316. The van der Waals surface area contributed by atoms with Crippen molar-refractivity contribution in [2.75, 3.05) is 0 Å². The van der Waals surface area contributed by atoms with Crippen molar-refractivity contribution in [1.29, 1.82) is 0 Å². The summed E-state index contributed by atoms with van der Waals surface area (Å²) in [6, 6.07) is 0. The van der Waals surface area contributed by atoms with Gasteiger partial charge in [-0.3, -0.25) is 0 Å². The molecule has 0 aliphatic carbocycles. The van der Waals surface area contributed by atoms with Crippen LogP contribution in [0.3, 0.4) is 0 Å². The lowest BCUT2D eigenvalue weighted by atomic mass is 10.8. The van der Waals surface area contributed by atoms with E-state index in [1.54, 1.807) is 0 Å². The highest BCUT2D eigenvalue weighted by Gasteiger charge is 1.28. The van der Waals surface area contributed by atoms with E-state index < -0.39 is 8.69 Å². The minimum Gasteiger partial charge on any atom is -0.310 e. The van der Waals surface area contributed by atoms with Gasteiger partial charge < -0.3 is 4.89 Å². The first-order valence-corrected chi connectivity index (χ1v) is 1.15. The fourth-order valence-corrected chi connectivity index (χ4v) is 0. The molecular weight excluding hydrogens is 84.6 g/mol. The SMILES string of the molecule is O=PO.[B].[B]. The Balaban J connectivity index is -0.0000000200. The molecule has 0 aromatic carbocycles. The summed E-state index contributed by atoms with van der Waals surface area (Å²) in [6.45, 7) is 0. The second-order valence-electron chi connectivity index (χ2n) is 0.0816. The summed E-state index contributed by atoms with van der Waals surface area (Å²) in [6.07, 6.45) is 0. The monoisotopic (exact) mass is 86.0 g/mol. The third-order valence-corrected chi connectivity index (χ3v) is 0. The molecule has 2 nitrogen and oxygen atoms in total. The smallest absolute Gasteiger partial charge is 0.310 e. The van der Waals surface area contributed by atoms with Crippen LogP contribution in [0.1, 0.15) is 0 Å². The van der Waals surface area contributed by atoms with Gasteiger partial charge in [-0.15, -0.1) is 0 Å². The molecule has 0 saturated carbocycles. The summed E-state index contributed by atoms with van der Waals surface area (Å²) in [5.74, 6) is 0. The van der Waals surface area contributed by atoms with Crippen LogP contribution in [-0.2, 0) is 4.57 Å². The summed E-state index contributed by atoms with van der Waals surface area (Å²) in [5, 5.41) is 0. The maximum absolute atomic E-state index is 8.46. The average molecular weight is 85.6 g/mol. The second-order valence-corrected chi connectivity index (χ2v) is 0.245. The van der Waals surface area contributed by atoms with Crippen LogP contribution in [0.4, 0.5) is 0 Å².